The standard InChI is InChI=1S/C15H19NO3S/c1-3-12-11-15(19-9-6-10-20(2,17)18)13-7-4-5-8-14(13)16-12/h4-5,7-8,11H,3,6,9-10H2,1-2H3. The number of benzene rings is 1. The van der Waals surface area contributed by atoms with Crippen LogP contribution in [0.25, 0.3) is 10.9 Å². The van der Waals surface area contributed by atoms with E-state index < -0.39 is 9.84 Å². The molecule has 1 heterocycles. The fraction of sp³-hybridized carbons (Fsp3) is 0.400. The van der Waals surface area contributed by atoms with Crippen LogP contribution in [0.3, 0.4) is 0 Å². The normalized spacial score (nSPS) is 11.7. The van der Waals surface area contributed by atoms with Gasteiger partial charge < -0.3 is 4.74 Å². The Morgan fingerprint density at radius 2 is 2.00 bits per heavy atom. The van der Waals surface area contributed by atoms with Crippen molar-refractivity contribution in [3.8, 4) is 5.75 Å². The first-order valence-electron chi connectivity index (χ1n) is 6.69. The molecule has 0 radical (unpaired) electrons. The summed E-state index contributed by atoms with van der Waals surface area (Å²) in [6, 6.07) is 9.75. The van der Waals surface area contributed by atoms with Crippen molar-refractivity contribution in [2.45, 2.75) is 19.8 Å². The molecular weight excluding hydrogens is 274 g/mol. The zero-order valence-corrected chi connectivity index (χ0v) is 12.6. The van der Waals surface area contributed by atoms with E-state index in [1.165, 1.54) is 6.26 Å². The van der Waals surface area contributed by atoms with Crippen molar-refractivity contribution in [1.82, 2.24) is 4.98 Å². The van der Waals surface area contributed by atoms with Gasteiger partial charge in [-0.2, -0.15) is 0 Å². The van der Waals surface area contributed by atoms with E-state index in [0.29, 0.717) is 13.0 Å². The molecule has 0 aliphatic rings. The minimum absolute atomic E-state index is 0.149. The number of hydrogen-bond acceptors (Lipinski definition) is 4. The van der Waals surface area contributed by atoms with Crippen molar-refractivity contribution in [1.29, 1.82) is 0 Å². The minimum atomic E-state index is -2.93. The van der Waals surface area contributed by atoms with Crippen LogP contribution >= 0.6 is 0 Å². The fourth-order valence-electron chi connectivity index (χ4n) is 2.00. The van der Waals surface area contributed by atoms with Crippen molar-refractivity contribution >= 4 is 20.7 Å². The van der Waals surface area contributed by atoms with Crippen LogP contribution in [-0.2, 0) is 16.3 Å². The maximum atomic E-state index is 11.1. The molecule has 0 unspecified atom stereocenters. The van der Waals surface area contributed by atoms with Gasteiger partial charge in [0.2, 0.25) is 0 Å². The van der Waals surface area contributed by atoms with Crippen LogP contribution in [0.15, 0.2) is 30.3 Å². The molecule has 0 amide bonds. The highest BCUT2D eigenvalue weighted by Gasteiger charge is 2.07. The molecule has 2 aromatic rings. The summed E-state index contributed by atoms with van der Waals surface area (Å²) in [5, 5.41) is 0.962. The maximum absolute atomic E-state index is 11.1. The van der Waals surface area contributed by atoms with Gasteiger partial charge in [0.1, 0.15) is 15.6 Å². The van der Waals surface area contributed by atoms with Crippen molar-refractivity contribution in [2.24, 2.45) is 0 Å². The van der Waals surface area contributed by atoms with Crippen LogP contribution in [0.4, 0.5) is 0 Å². The van der Waals surface area contributed by atoms with Crippen molar-refractivity contribution < 1.29 is 13.2 Å². The molecule has 2 rings (SSSR count). The Morgan fingerprint density at radius 1 is 1.25 bits per heavy atom. The second-order valence-electron chi connectivity index (χ2n) is 4.81. The first-order valence-corrected chi connectivity index (χ1v) is 8.75. The second-order valence-corrected chi connectivity index (χ2v) is 7.07. The minimum Gasteiger partial charge on any atom is -0.493 e. The number of fused-ring (bicyclic) bond motifs is 1. The number of aryl methyl sites for hydroxylation is 1. The average molecular weight is 293 g/mol. The number of rotatable bonds is 6. The van der Waals surface area contributed by atoms with Gasteiger partial charge in [0, 0.05) is 23.4 Å². The molecule has 0 saturated heterocycles. The van der Waals surface area contributed by atoms with Gasteiger partial charge in [0.25, 0.3) is 0 Å². The van der Waals surface area contributed by atoms with Gasteiger partial charge in [-0.3, -0.25) is 4.98 Å². The summed E-state index contributed by atoms with van der Waals surface area (Å²) in [5.74, 6) is 0.928. The molecule has 0 fully saturated rings. The summed E-state index contributed by atoms with van der Waals surface area (Å²) < 4.78 is 27.9. The number of para-hydroxylation sites is 1. The Balaban J connectivity index is 2.16. The van der Waals surface area contributed by atoms with Gasteiger partial charge in [-0.15, -0.1) is 0 Å². The third-order valence-electron chi connectivity index (χ3n) is 3.01. The molecule has 0 N–H and O–H groups in total. The van der Waals surface area contributed by atoms with E-state index in [9.17, 15) is 8.42 Å². The summed E-state index contributed by atoms with van der Waals surface area (Å²) in [4.78, 5) is 4.55. The first-order chi connectivity index (χ1) is 9.49. The van der Waals surface area contributed by atoms with Crippen molar-refractivity contribution in [3.05, 3.63) is 36.0 Å². The molecule has 20 heavy (non-hydrogen) atoms. The number of ether oxygens (including phenoxy) is 1. The topological polar surface area (TPSA) is 56.3 Å². The van der Waals surface area contributed by atoms with Gasteiger partial charge >= 0.3 is 0 Å². The lowest BCUT2D eigenvalue weighted by molar-refractivity contribution is 0.321. The largest absolute Gasteiger partial charge is 0.493 e. The van der Waals surface area contributed by atoms with Crippen molar-refractivity contribution in [3.63, 3.8) is 0 Å². The molecule has 0 atom stereocenters. The summed E-state index contributed by atoms with van der Waals surface area (Å²) >= 11 is 0. The lowest BCUT2D eigenvalue weighted by atomic mass is 10.1. The Morgan fingerprint density at radius 3 is 2.70 bits per heavy atom. The van der Waals surface area contributed by atoms with Gasteiger partial charge in [0.05, 0.1) is 17.9 Å². The number of pyridine rings is 1. The van der Waals surface area contributed by atoms with E-state index in [0.717, 1.165) is 28.8 Å². The van der Waals surface area contributed by atoms with Crippen LogP contribution < -0.4 is 4.74 Å². The number of hydrogen-bond donors (Lipinski definition) is 0. The van der Waals surface area contributed by atoms with E-state index in [-0.39, 0.29) is 5.75 Å². The summed E-state index contributed by atoms with van der Waals surface area (Å²) in [7, 11) is -2.93. The van der Waals surface area contributed by atoms with E-state index in [1.54, 1.807) is 0 Å². The molecular formula is C15H19NO3S. The van der Waals surface area contributed by atoms with E-state index in [1.807, 2.05) is 37.3 Å². The summed E-state index contributed by atoms with van der Waals surface area (Å²) in [6.07, 6.45) is 2.57. The fourth-order valence-corrected chi connectivity index (χ4v) is 2.64. The van der Waals surface area contributed by atoms with Gasteiger partial charge in [-0.05, 0) is 25.0 Å². The van der Waals surface area contributed by atoms with Crippen LogP contribution in [-0.4, -0.2) is 32.0 Å². The zero-order valence-electron chi connectivity index (χ0n) is 11.8. The van der Waals surface area contributed by atoms with E-state index in [4.69, 9.17) is 4.74 Å². The third kappa shape index (κ3) is 3.93. The molecule has 108 valence electrons. The smallest absolute Gasteiger partial charge is 0.147 e. The average Bonchev–Trinajstić information content (AvgIpc) is 2.42. The van der Waals surface area contributed by atoms with Gasteiger partial charge in [-0.1, -0.05) is 19.1 Å². The number of nitrogens with zero attached hydrogens (tertiary/aromatic N) is 1. The predicted octanol–water partition coefficient (Wildman–Crippen LogP) is 2.61. The third-order valence-corrected chi connectivity index (χ3v) is 4.04. The SMILES string of the molecule is CCc1cc(OCCCS(C)(=O)=O)c2ccccc2n1. The van der Waals surface area contributed by atoms with E-state index in [2.05, 4.69) is 4.98 Å². The Labute approximate surface area is 119 Å². The monoisotopic (exact) mass is 293 g/mol. The quantitative estimate of drug-likeness (QED) is 0.768. The molecule has 5 heteroatoms. The second kappa shape index (κ2) is 6.22. The number of sulfone groups is 1. The molecule has 4 nitrogen and oxygen atoms in total. The van der Waals surface area contributed by atoms with Crippen LogP contribution in [0.1, 0.15) is 19.0 Å². The van der Waals surface area contributed by atoms with Crippen LogP contribution in [0.2, 0.25) is 0 Å². The highest BCUT2D eigenvalue weighted by atomic mass is 32.2. The van der Waals surface area contributed by atoms with Crippen LogP contribution in [0, 0.1) is 0 Å². The van der Waals surface area contributed by atoms with Gasteiger partial charge in [0.15, 0.2) is 0 Å². The molecule has 1 aromatic heterocycles. The van der Waals surface area contributed by atoms with Gasteiger partial charge in [-0.25, -0.2) is 8.42 Å². The first kappa shape index (κ1) is 14.8. The lowest BCUT2D eigenvalue weighted by Crippen LogP contribution is -2.08. The molecule has 0 aliphatic heterocycles. The molecule has 0 aliphatic carbocycles. The van der Waals surface area contributed by atoms with Crippen LogP contribution in [0.5, 0.6) is 5.75 Å². The highest BCUT2D eigenvalue weighted by molar-refractivity contribution is 7.90. The van der Waals surface area contributed by atoms with Crippen molar-refractivity contribution in [2.75, 3.05) is 18.6 Å². The maximum Gasteiger partial charge on any atom is 0.147 e. The predicted molar refractivity (Wildman–Crippen MR) is 80.9 cm³/mol. The molecule has 0 saturated carbocycles. The Bertz CT molecular complexity index is 695. The Hall–Kier alpha value is -1.62. The zero-order chi connectivity index (χ0) is 14.6. The highest BCUT2D eigenvalue weighted by Crippen LogP contribution is 2.25. The molecule has 0 bridgehead atoms. The molecule has 0 spiro atoms. The van der Waals surface area contributed by atoms with E-state index >= 15 is 0 Å². The summed E-state index contributed by atoms with van der Waals surface area (Å²) in [6.45, 7) is 2.44. The number of aromatic nitrogens is 1. The summed E-state index contributed by atoms with van der Waals surface area (Å²) in [5.41, 5.74) is 1.88. The Kier molecular flexibility index (Phi) is 4.60. The molecule has 1 aromatic carbocycles. The lowest BCUT2D eigenvalue weighted by Gasteiger charge is -2.10.